The third-order valence-corrected chi connectivity index (χ3v) is 7.77. The maximum absolute atomic E-state index is 13.2. The van der Waals surface area contributed by atoms with Gasteiger partial charge in [-0.15, -0.1) is 0 Å². The van der Waals surface area contributed by atoms with Crippen molar-refractivity contribution in [2.24, 2.45) is 5.92 Å². The van der Waals surface area contributed by atoms with Gasteiger partial charge in [-0.2, -0.15) is 9.57 Å². The Balaban J connectivity index is 1.77. The fraction of sp³-hybridized carbons (Fsp3) is 0.619. The zero-order valence-electron chi connectivity index (χ0n) is 17.2. The van der Waals surface area contributed by atoms with E-state index in [1.807, 2.05) is 13.8 Å². The molecule has 3 rings (SSSR count). The van der Waals surface area contributed by atoms with Gasteiger partial charge >= 0.3 is 0 Å². The van der Waals surface area contributed by atoms with Crippen molar-refractivity contribution in [3.63, 3.8) is 0 Å². The maximum Gasteiger partial charge on any atom is 0.255 e. The Labute approximate surface area is 173 Å². The van der Waals surface area contributed by atoms with Gasteiger partial charge in [0.25, 0.3) is 5.91 Å². The summed E-state index contributed by atoms with van der Waals surface area (Å²) in [5.74, 6) is -0.0310. The lowest BCUT2D eigenvalue weighted by atomic mass is 10.0. The smallest absolute Gasteiger partial charge is 0.255 e. The van der Waals surface area contributed by atoms with E-state index in [1.165, 1.54) is 10.4 Å². The van der Waals surface area contributed by atoms with E-state index < -0.39 is 10.0 Å². The van der Waals surface area contributed by atoms with Crippen LogP contribution in [0.2, 0.25) is 0 Å². The Morgan fingerprint density at radius 2 is 1.62 bits per heavy atom. The lowest BCUT2D eigenvalue weighted by Crippen LogP contribution is -2.53. The molecule has 0 saturated carbocycles. The Hall–Kier alpha value is -1.95. The molecule has 158 valence electrons. The number of piperidine rings is 1. The normalized spacial score (nSPS) is 20.4. The van der Waals surface area contributed by atoms with Gasteiger partial charge in [-0.25, -0.2) is 8.42 Å². The molecule has 1 amide bonds. The number of hydrogen-bond donors (Lipinski definition) is 0. The minimum Gasteiger partial charge on any atom is -0.336 e. The van der Waals surface area contributed by atoms with E-state index in [0.717, 1.165) is 19.3 Å². The van der Waals surface area contributed by atoms with Gasteiger partial charge in [0.1, 0.15) is 6.04 Å². The molecule has 7 nitrogen and oxygen atoms in total. The highest BCUT2D eigenvalue weighted by molar-refractivity contribution is 7.89. The van der Waals surface area contributed by atoms with Crippen molar-refractivity contribution >= 4 is 15.9 Å². The van der Waals surface area contributed by atoms with Gasteiger partial charge in [0.05, 0.1) is 16.5 Å². The van der Waals surface area contributed by atoms with E-state index in [0.29, 0.717) is 39.3 Å². The molecule has 8 heteroatoms. The van der Waals surface area contributed by atoms with Crippen molar-refractivity contribution < 1.29 is 13.2 Å². The van der Waals surface area contributed by atoms with Crippen LogP contribution < -0.4 is 0 Å². The maximum atomic E-state index is 13.2. The summed E-state index contributed by atoms with van der Waals surface area (Å²) in [5, 5.41) is 9.41. The van der Waals surface area contributed by atoms with E-state index >= 15 is 0 Å². The Morgan fingerprint density at radius 1 is 1.00 bits per heavy atom. The second kappa shape index (κ2) is 9.24. The van der Waals surface area contributed by atoms with Crippen LogP contribution in [0.4, 0.5) is 0 Å². The van der Waals surface area contributed by atoms with Gasteiger partial charge in [0.15, 0.2) is 0 Å². The number of carbonyl (C=O) groups is 1. The number of rotatable bonds is 5. The molecule has 0 radical (unpaired) electrons. The van der Waals surface area contributed by atoms with Crippen molar-refractivity contribution in [3.05, 3.63) is 29.8 Å². The second-order valence-electron chi connectivity index (χ2n) is 8.11. The first-order chi connectivity index (χ1) is 13.9. The highest BCUT2D eigenvalue weighted by Crippen LogP contribution is 2.25. The number of nitriles is 1. The summed E-state index contributed by atoms with van der Waals surface area (Å²) in [7, 11) is -3.68. The van der Waals surface area contributed by atoms with Crippen molar-refractivity contribution in [1.82, 2.24) is 14.1 Å². The number of piperazine rings is 1. The third-order valence-electron chi connectivity index (χ3n) is 5.81. The number of hydrogen-bond acceptors (Lipinski definition) is 5. The summed E-state index contributed by atoms with van der Waals surface area (Å²) >= 11 is 0. The first kappa shape index (κ1) is 21.8. The summed E-state index contributed by atoms with van der Waals surface area (Å²) in [5.41, 5.74) is 0.243. The second-order valence-corrected chi connectivity index (χ2v) is 10.0. The predicted molar refractivity (Wildman–Crippen MR) is 111 cm³/mol. The third kappa shape index (κ3) is 4.63. The average Bonchev–Trinajstić information content (AvgIpc) is 2.74. The van der Waals surface area contributed by atoms with Gasteiger partial charge in [-0.3, -0.25) is 9.69 Å². The Morgan fingerprint density at radius 3 is 2.21 bits per heavy atom. The molecule has 1 aromatic carbocycles. The van der Waals surface area contributed by atoms with E-state index in [9.17, 15) is 18.5 Å². The number of sulfonamides is 1. The summed E-state index contributed by atoms with van der Waals surface area (Å²) in [6, 6.07) is 8.71. The monoisotopic (exact) mass is 418 g/mol. The molecule has 29 heavy (non-hydrogen) atoms. The van der Waals surface area contributed by atoms with Crippen LogP contribution in [-0.4, -0.2) is 73.7 Å². The molecule has 2 saturated heterocycles. The lowest BCUT2D eigenvalue weighted by Gasteiger charge is -2.38. The molecule has 0 aliphatic carbocycles. The topological polar surface area (TPSA) is 84.7 Å². The molecule has 0 aromatic heterocycles. The fourth-order valence-electron chi connectivity index (χ4n) is 4.14. The summed E-state index contributed by atoms with van der Waals surface area (Å²) < 4.78 is 27.8. The van der Waals surface area contributed by atoms with Gasteiger partial charge in [-0.1, -0.05) is 32.4 Å². The van der Waals surface area contributed by atoms with E-state index in [4.69, 9.17) is 0 Å². The average molecular weight is 419 g/mol. The van der Waals surface area contributed by atoms with Crippen LogP contribution in [0.3, 0.4) is 0 Å². The van der Waals surface area contributed by atoms with Crippen LogP contribution in [0.15, 0.2) is 29.2 Å². The molecular formula is C21H30N4O3S. The minimum atomic E-state index is -3.68. The SMILES string of the molecule is CC(C)C(C#N)N1CCN(C(=O)c2ccccc2S(=O)(=O)N2CCCCC2)CC1. The van der Waals surface area contributed by atoms with Crippen molar-refractivity contribution in [2.75, 3.05) is 39.3 Å². The number of amides is 1. The molecule has 2 heterocycles. The quantitative estimate of drug-likeness (QED) is 0.732. The van der Waals surface area contributed by atoms with E-state index in [-0.39, 0.29) is 28.3 Å². The molecule has 1 unspecified atom stereocenters. The van der Waals surface area contributed by atoms with Crippen LogP contribution in [0.5, 0.6) is 0 Å². The zero-order chi connectivity index (χ0) is 21.0. The molecule has 1 atom stereocenters. The Bertz CT molecular complexity index is 864. The standard InChI is InChI=1S/C21H30N4O3S/c1-17(2)19(16-22)23-12-14-24(15-13-23)21(26)18-8-4-5-9-20(18)29(27,28)25-10-6-3-7-11-25/h4-5,8-9,17,19H,3,6-7,10-15H2,1-2H3. The lowest BCUT2D eigenvalue weighted by molar-refractivity contribution is 0.0573. The van der Waals surface area contributed by atoms with E-state index in [1.54, 1.807) is 23.1 Å². The van der Waals surface area contributed by atoms with Crippen molar-refractivity contribution in [3.8, 4) is 6.07 Å². The molecule has 1 aromatic rings. The molecule has 0 spiro atoms. The van der Waals surface area contributed by atoms with Crippen LogP contribution in [-0.2, 0) is 10.0 Å². The van der Waals surface area contributed by atoms with Crippen molar-refractivity contribution in [2.45, 2.75) is 44.0 Å². The first-order valence-corrected chi connectivity index (χ1v) is 11.8. The van der Waals surface area contributed by atoms with Gasteiger partial charge in [-0.05, 0) is 30.9 Å². The van der Waals surface area contributed by atoms with Gasteiger partial charge in [0, 0.05) is 39.3 Å². The minimum absolute atomic E-state index is 0.103. The number of nitrogens with zero attached hydrogens (tertiary/aromatic N) is 4. The fourth-order valence-corrected chi connectivity index (χ4v) is 5.84. The van der Waals surface area contributed by atoms with Crippen LogP contribution >= 0.6 is 0 Å². The molecule has 0 bridgehead atoms. The molecular weight excluding hydrogens is 388 g/mol. The molecule has 0 N–H and O–H groups in total. The Kier molecular flexibility index (Phi) is 6.93. The summed E-state index contributed by atoms with van der Waals surface area (Å²) in [4.78, 5) is 17.1. The van der Waals surface area contributed by atoms with Crippen molar-refractivity contribution in [1.29, 1.82) is 5.26 Å². The first-order valence-electron chi connectivity index (χ1n) is 10.4. The summed E-state index contributed by atoms with van der Waals surface area (Å²) in [6.07, 6.45) is 2.75. The van der Waals surface area contributed by atoms with Crippen LogP contribution in [0.1, 0.15) is 43.5 Å². The predicted octanol–water partition coefficient (Wildman–Crippen LogP) is 2.17. The molecule has 2 aliphatic heterocycles. The zero-order valence-corrected chi connectivity index (χ0v) is 18.1. The van der Waals surface area contributed by atoms with Gasteiger partial charge < -0.3 is 4.90 Å². The van der Waals surface area contributed by atoms with E-state index in [2.05, 4.69) is 11.0 Å². The van der Waals surface area contributed by atoms with Gasteiger partial charge in [0.2, 0.25) is 10.0 Å². The van der Waals surface area contributed by atoms with Crippen LogP contribution in [0.25, 0.3) is 0 Å². The van der Waals surface area contributed by atoms with Crippen LogP contribution in [0, 0.1) is 17.2 Å². The highest BCUT2D eigenvalue weighted by atomic mass is 32.2. The molecule has 2 fully saturated rings. The number of carbonyl (C=O) groups excluding carboxylic acids is 1. The summed E-state index contributed by atoms with van der Waals surface area (Å²) in [6.45, 7) is 7.26. The highest BCUT2D eigenvalue weighted by Gasteiger charge is 2.33. The number of benzene rings is 1. The molecule has 2 aliphatic rings. The largest absolute Gasteiger partial charge is 0.336 e.